The number of H-pyrrole nitrogens is 1. The summed E-state index contributed by atoms with van der Waals surface area (Å²) in [5.41, 5.74) is 1.34. The van der Waals surface area contributed by atoms with Gasteiger partial charge in [0.15, 0.2) is 11.2 Å². The van der Waals surface area contributed by atoms with Crippen LogP contribution in [0.2, 0.25) is 0 Å². The molecule has 0 spiro atoms. The van der Waals surface area contributed by atoms with Gasteiger partial charge < -0.3 is 14.8 Å². The van der Waals surface area contributed by atoms with Crippen LogP contribution in [-0.2, 0) is 26.2 Å². The van der Waals surface area contributed by atoms with Crippen molar-refractivity contribution in [1.82, 2.24) is 4.98 Å². The number of ether oxygens (including phenoxy) is 1. The lowest BCUT2D eigenvalue weighted by Crippen LogP contribution is -2.54. The number of hydrogen-bond donors (Lipinski definition) is 2. The van der Waals surface area contributed by atoms with E-state index < -0.39 is 23.4 Å². The number of nitrogens with one attached hydrogen (secondary N) is 1. The van der Waals surface area contributed by atoms with Crippen LogP contribution in [0.25, 0.3) is 10.9 Å². The Balaban J connectivity index is 2.04. The van der Waals surface area contributed by atoms with E-state index in [-0.39, 0.29) is 12.4 Å². The second-order valence-electron chi connectivity index (χ2n) is 6.45. The molecule has 5 nitrogen and oxygen atoms in total. The van der Waals surface area contributed by atoms with Crippen LogP contribution >= 0.6 is 0 Å². The third-order valence-electron chi connectivity index (χ3n) is 5.35. The molecule has 0 radical (unpaired) electrons. The lowest BCUT2D eigenvalue weighted by molar-refractivity contribution is -0.159. The highest BCUT2D eigenvalue weighted by atomic mass is 16.5. The molecule has 3 atom stereocenters. The quantitative estimate of drug-likeness (QED) is 0.655. The zero-order valence-electron chi connectivity index (χ0n) is 13.0. The van der Waals surface area contributed by atoms with Crippen LogP contribution in [0.4, 0.5) is 0 Å². The van der Waals surface area contributed by atoms with Crippen molar-refractivity contribution in [3.63, 3.8) is 0 Å². The van der Waals surface area contributed by atoms with E-state index in [0.29, 0.717) is 19.3 Å². The van der Waals surface area contributed by atoms with Gasteiger partial charge in [0.25, 0.3) is 0 Å². The molecule has 1 fully saturated rings. The SMILES string of the molecule is CCOC(=O)[C@]12CC[C@H](O)[C@H](Cc3c[nH]c4cccc1c34)C2=O. The van der Waals surface area contributed by atoms with Crippen molar-refractivity contribution in [2.45, 2.75) is 37.7 Å². The molecule has 0 saturated heterocycles. The smallest absolute Gasteiger partial charge is 0.324 e. The second kappa shape index (κ2) is 4.93. The first-order valence-electron chi connectivity index (χ1n) is 8.08. The van der Waals surface area contributed by atoms with Crippen molar-refractivity contribution in [1.29, 1.82) is 0 Å². The first-order valence-corrected chi connectivity index (χ1v) is 8.08. The maximum atomic E-state index is 13.2. The van der Waals surface area contributed by atoms with Gasteiger partial charge in [0.05, 0.1) is 12.7 Å². The van der Waals surface area contributed by atoms with E-state index in [1.807, 2.05) is 24.4 Å². The fourth-order valence-corrected chi connectivity index (χ4v) is 4.25. The van der Waals surface area contributed by atoms with E-state index in [0.717, 1.165) is 22.0 Å². The Labute approximate surface area is 133 Å². The average molecular weight is 313 g/mol. The van der Waals surface area contributed by atoms with Crippen molar-refractivity contribution in [3.05, 3.63) is 35.5 Å². The molecule has 2 aromatic rings. The lowest BCUT2D eigenvalue weighted by atomic mass is 9.64. The molecular formula is C18H19NO4. The number of benzene rings is 1. The molecule has 0 unspecified atom stereocenters. The number of aromatic amines is 1. The number of hydrogen-bond acceptors (Lipinski definition) is 4. The average Bonchev–Trinajstić information content (AvgIpc) is 2.92. The summed E-state index contributed by atoms with van der Waals surface area (Å²) >= 11 is 0. The Morgan fingerprint density at radius 1 is 1.48 bits per heavy atom. The molecule has 4 rings (SSSR count). The zero-order chi connectivity index (χ0) is 16.2. The number of aliphatic hydroxyl groups is 1. The fourth-order valence-electron chi connectivity index (χ4n) is 4.25. The number of esters is 1. The summed E-state index contributed by atoms with van der Waals surface area (Å²) in [6, 6.07) is 5.66. The van der Waals surface area contributed by atoms with E-state index in [9.17, 15) is 14.7 Å². The van der Waals surface area contributed by atoms with Crippen molar-refractivity contribution >= 4 is 22.7 Å². The highest BCUT2D eigenvalue weighted by Gasteiger charge is 2.57. The summed E-state index contributed by atoms with van der Waals surface area (Å²) in [4.78, 5) is 29.3. The topological polar surface area (TPSA) is 79.4 Å². The Kier molecular flexibility index (Phi) is 3.10. The van der Waals surface area contributed by atoms with Gasteiger partial charge >= 0.3 is 5.97 Å². The number of aliphatic hydroxyl groups excluding tert-OH is 1. The molecule has 2 bridgehead atoms. The highest BCUT2D eigenvalue weighted by Crippen LogP contribution is 2.47. The number of aromatic nitrogens is 1. The minimum Gasteiger partial charge on any atom is -0.465 e. The number of carbonyl (C=O) groups excluding carboxylic acids is 2. The van der Waals surface area contributed by atoms with Gasteiger partial charge in [-0.1, -0.05) is 12.1 Å². The Bertz CT molecular complexity index is 808. The van der Waals surface area contributed by atoms with Crippen LogP contribution in [-0.4, -0.2) is 34.6 Å². The van der Waals surface area contributed by atoms with Gasteiger partial charge in [0.2, 0.25) is 0 Å². The molecule has 5 heteroatoms. The van der Waals surface area contributed by atoms with Crippen LogP contribution < -0.4 is 0 Å². The highest BCUT2D eigenvalue weighted by molar-refractivity contribution is 6.15. The summed E-state index contributed by atoms with van der Waals surface area (Å²) in [6.07, 6.45) is 2.36. The number of rotatable bonds is 2. The third-order valence-corrected chi connectivity index (χ3v) is 5.35. The van der Waals surface area contributed by atoms with Crippen LogP contribution in [0.15, 0.2) is 24.4 Å². The minimum absolute atomic E-state index is 0.196. The predicted molar refractivity (Wildman–Crippen MR) is 84.1 cm³/mol. The first-order chi connectivity index (χ1) is 11.1. The van der Waals surface area contributed by atoms with Crippen LogP contribution in [0.5, 0.6) is 0 Å². The summed E-state index contributed by atoms with van der Waals surface area (Å²) in [6.45, 7) is 1.98. The summed E-state index contributed by atoms with van der Waals surface area (Å²) in [7, 11) is 0. The van der Waals surface area contributed by atoms with Gasteiger partial charge in [-0.2, -0.15) is 0 Å². The largest absolute Gasteiger partial charge is 0.465 e. The molecule has 0 aliphatic heterocycles. The monoisotopic (exact) mass is 313 g/mol. The molecular weight excluding hydrogens is 294 g/mol. The fraction of sp³-hybridized carbons (Fsp3) is 0.444. The van der Waals surface area contributed by atoms with Crippen LogP contribution in [0.1, 0.15) is 30.9 Å². The number of carbonyl (C=O) groups is 2. The minimum atomic E-state index is -1.28. The van der Waals surface area contributed by atoms with Crippen LogP contribution in [0.3, 0.4) is 0 Å². The molecule has 1 aromatic heterocycles. The first kappa shape index (κ1) is 14.5. The van der Waals surface area contributed by atoms with E-state index in [2.05, 4.69) is 4.98 Å². The molecule has 23 heavy (non-hydrogen) atoms. The Hall–Kier alpha value is -2.14. The maximum Gasteiger partial charge on any atom is 0.324 e. The van der Waals surface area contributed by atoms with E-state index in [1.165, 1.54) is 0 Å². The standard InChI is InChI=1S/C18H19NO4/c1-2-23-17(22)18-7-6-14(20)11(16(18)21)8-10-9-19-13-5-3-4-12(18)15(10)13/h3-5,9,11,14,19-20H,2,6-8H2,1H3/t11-,14-,18+/m0/s1. The Morgan fingerprint density at radius 2 is 2.30 bits per heavy atom. The maximum absolute atomic E-state index is 13.2. The van der Waals surface area contributed by atoms with E-state index >= 15 is 0 Å². The number of ketones is 1. The summed E-state index contributed by atoms with van der Waals surface area (Å²) in [5, 5.41) is 11.3. The van der Waals surface area contributed by atoms with E-state index in [1.54, 1.807) is 6.92 Å². The summed E-state index contributed by atoms with van der Waals surface area (Å²) in [5.74, 6) is -1.23. The molecule has 1 heterocycles. The molecule has 120 valence electrons. The van der Waals surface area contributed by atoms with Crippen molar-refractivity contribution in [2.24, 2.45) is 5.92 Å². The van der Waals surface area contributed by atoms with Gasteiger partial charge in [-0.25, -0.2) is 0 Å². The molecule has 2 N–H and O–H groups in total. The van der Waals surface area contributed by atoms with Crippen molar-refractivity contribution in [3.8, 4) is 0 Å². The number of fused-ring (bicyclic) bond motifs is 3. The molecule has 2 aliphatic carbocycles. The van der Waals surface area contributed by atoms with E-state index in [4.69, 9.17) is 4.74 Å². The van der Waals surface area contributed by atoms with Gasteiger partial charge in [-0.15, -0.1) is 0 Å². The van der Waals surface area contributed by atoms with Crippen LogP contribution in [0, 0.1) is 5.92 Å². The van der Waals surface area contributed by atoms with Gasteiger partial charge in [0.1, 0.15) is 0 Å². The number of Topliss-reactive ketones (excluding diaryl/α,β-unsaturated/α-hetero) is 1. The van der Waals surface area contributed by atoms with Crippen molar-refractivity contribution in [2.75, 3.05) is 6.61 Å². The van der Waals surface area contributed by atoms with Gasteiger partial charge in [-0.3, -0.25) is 9.59 Å². The molecule has 1 saturated carbocycles. The summed E-state index contributed by atoms with van der Waals surface area (Å²) < 4.78 is 5.29. The third kappa shape index (κ3) is 1.77. The lowest BCUT2D eigenvalue weighted by Gasteiger charge is -2.38. The molecule has 0 amide bonds. The van der Waals surface area contributed by atoms with Crippen molar-refractivity contribution < 1.29 is 19.4 Å². The molecule has 2 aliphatic rings. The predicted octanol–water partition coefficient (Wildman–Crippen LogP) is 1.86. The Morgan fingerprint density at radius 3 is 3.09 bits per heavy atom. The normalized spacial score (nSPS) is 29.4. The second-order valence-corrected chi connectivity index (χ2v) is 6.45. The van der Waals surface area contributed by atoms with Gasteiger partial charge in [-0.05, 0) is 43.4 Å². The van der Waals surface area contributed by atoms with Gasteiger partial charge in [0, 0.05) is 23.0 Å². The molecule has 1 aromatic carbocycles. The zero-order valence-corrected chi connectivity index (χ0v) is 13.0.